The van der Waals surface area contributed by atoms with E-state index >= 15 is 0 Å². The SMILES string of the molecule is O=C(NCCCn1cccn1)c1ccc(COc2ccc(Br)cc2Cl)o1. The summed E-state index contributed by atoms with van der Waals surface area (Å²) in [6.07, 6.45) is 4.40. The van der Waals surface area contributed by atoms with Gasteiger partial charge in [0.05, 0.1) is 5.02 Å². The molecule has 0 fully saturated rings. The highest BCUT2D eigenvalue weighted by Gasteiger charge is 2.11. The Labute approximate surface area is 164 Å². The van der Waals surface area contributed by atoms with Crippen molar-refractivity contribution in [1.29, 1.82) is 0 Å². The second-order valence-electron chi connectivity index (χ2n) is 5.51. The van der Waals surface area contributed by atoms with Crippen molar-refractivity contribution in [2.45, 2.75) is 19.6 Å². The molecule has 0 saturated carbocycles. The Morgan fingerprint density at radius 2 is 2.23 bits per heavy atom. The topological polar surface area (TPSA) is 69.3 Å². The summed E-state index contributed by atoms with van der Waals surface area (Å²) in [7, 11) is 0. The van der Waals surface area contributed by atoms with Crippen LogP contribution in [-0.4, -0.2) is 22.2 Å². The molecule has 0 bridgehead atoms. The van der Waals surface area contributed by atoms with E-state index < -0.39 is 0 Å². The largest absolute Gasteiger partial charge is 0.484 e. The van der Waals surface area contributed by atoms with Gasteiger partial charge in [0.1, 0.15) is 18.1 Å². The number of nitrogens with zero attached hydrogens (tertiary/aromatic N) is 2. The van der Waals surface area contributed by atoms with Gasteiger partial charge in [0.2, 0.25) is 0 Å². The Balaban J connectivity index is 1.45. The van der Waals surface area contributed by atoms with Crippen LogP contribution in [0, 0.1) is 0 Å². The number of carbonyl (C=O) groups excluding carboxylic acids is 1. The number of halogens is 2. The number of benzene rings is 1. The minimum absolute atomic E-state index is 0.188. The van der Waals surface area contributed by atoms with Gasteiger partial charge < -0.3 is 14.5 Å². The van der Waals surface area contributed by atoms with E-state index in [4.69, 9.17) is 20.8 Å². The first-order valence-electron chi connectivity index (χ1n) is 8.04. The Morgan fingerprint density at radius 3 is 3.00 bits per heavy atom. The molecule has 0 aliphatic rings. The highest BCUT2D eigenvalue weighted by atomic mass is 79.9. The number of aromatic nitrogens is 2. The van der Waals surface area contributed by atoms with E-state index in [9.17, 15) is 4.79 Å². The maximum atomic E-state index is 12.1. The minimum Gasteiger partial charge on any atom is -0.484 e. The van der Waals surface area contributed by atoms with Gasteiger partial charge in [-0.3, -0.25) is 9.48 Å². The summed E-state index contributed by atoms with van der Waals surface area (Å²) in [6.45, 7) is 1.48. The lowest BCUT2D eigenvalue weighted by Gasteiger charge is -2.06. The van der Waals surface area contributed by atoms with Gasteiger partial charge in [0.15, 0.2) is 5.76 Å². The second kappa shape index (κ2) is 8.91. The zero-order valence-corrected chi connectivity index (χ0v) is 16.2. The molecule has 0 spiro atoms. The van der Waals surface area contributed by atoms with E-state index in [1.54, 1.807) is 30.5 Å². The van der Waals surface area contributed by atoms with E-state index in [1.807, 2.05) is 23.0 Å². The third-order valence-electron chi connectivity index (χ3n) is 3.56. The molecule has 6 nitrogen and oxygen atoms in total. The summed E-state index contributed by atoms with van der Waals surface area (Å²) in [4.78, 5) is 12.1. The number of aryl methyl sites for hydroxylation is 1. The van der Waals surface area contributed by atoms with Crippen molar-refractivity contribution in [2.75, 3.05) is 6.54 Å². The predicted octanol–water partition coefficient (Wildman–Crippen LogP) is 4.29. The quantitative estimate of drug-likeness (QED) is 0.533. The summed E-state index contributed by atoms with van der Waals surface area (Å²) in [6, 6.07) is 10.6. The van der Waals surface area contributed by atoms with Crippen LogP contribution in [-0.2, 0) is 13.2 Å². The third-order valence-corrected chi connectivity index (χ3v) is 4.35. The van der Waals surface area contributed by atoms with Gasteiger partial charge in [-0.1, -0.05) is 27.5 Å². The molecule has 0 saturated heterocycles. The van der Waals surface area contributed by atoms with Crippen LogP contribution in [0.5, 0.6) is 5.75 Å². The Kier molecular flexibility index (Phi) is 6.35. The molecule has 2 aromatic heterocycles. The lowest BCUT2D eigenvalue weighted by Crippen LogP contribution is -2.24. The molecule has 8 heteroatoms. The summed E-state index contributed by atoms with van der Waals surface area (Å²) in [5, 5.41) is 7.43. The monoisotopic (exact) mass is 437 g/mol. The van der Waals surface area contributed by atoms with E-state index in [0.717, 1.165) is 17.4 Å². The van der Waals surface area contributed by atoms with Crippen LogP contribution < -0.4 is 10.1 Å². The van der Waals surface area contributed by atoms with Crippen molar-refractivity contribution in [3.05, 3.63) is 69.8 Å². The molecule has 136 valence electrons. The highest BCUT2D eigenvalue weighted by Crippen LogP contribution is 2.28. The fourth-order valence-corrected chi connectivity index (χ4v) is 3.01. The molecule has 0 aliphatic carbocycles. The molecule has 1 amide bonds. The van der Waals surface area contributed by atoms with E-state index in [2.05, 4.69) is 26.3 Å². The van der Waals surface area contributed by atoms with Crippen molar-refractivity contribution in [1.82, 2.24) is 15.1 Å². The average molecular weight is 439 g/mol. The van der Waals surface area contributed by atoms with E-state index in [0.29, 0.717) is 23.1 Å². The molecule has 3 rings (SSSR count). The number of furan rings is 1. The summed E-state index contributed by atoms with van der Waals surface area (Å²) in [5.41, 5.74) is 0. The second-order valence-corrected chi connectivity index (χ2v) is 6.83. The molecule has 1 N–H and O–H groups in total. The molecule has 0 aliphatic heterocycles. The molecule has 26 heavy (non-hydrogen) atoms. The van der Waals surface area contributed by atoms with Gasteiger partial charge in [-0.15, -0.1) is 0 Å². The molecule has 0 radical (unpaired) electrons. The van der Waals surface area contributed by atoms with Crippen molar-refractivity contribution in [2.24, 2.45) is 0 Å². The van der Waals surface area contributed by atoms with Crippen molar-refractivity contribution in [3.63, 3.8) is 0 Å². The fourth-order valence-electron chi connectivity index (χ4n) is 2.28. The van der Waals surface area contributed by atoms with Crippen LogP contribution in [0.2, 0.25) is 5.02 Å². The van der Waals surface area contributed by atoms with Crippen LogP contribution in [0.25, 0.3) is 0 Å². The third kappa shape index (κ3) is 5.12. The summed E-state index contributed by atoms with van der Waals surface area (Å²) >= 11 is 9.44. The molecular weight excluding hydrogens is 422 g/mol. The standard InChI is InChI=1S/C18H17BrClN3O3/c19-13-3-5-16(15(20)11-13)25-12-14-4-6-17(26-14)18(24)21-7-1-9-23-10-2-8-22-23/h2-6,8,10-11H,1,7,9,12H2,(H,21,24). The van der Waals surface area contributed by atoms with Crippen LogP contribution in [0.4, 0.5) is 0 Å². The predicted molar refractivity (Wildman–Crippen MR) is 101 cm³/mol. The minimum atomic E-state index is -0.251. The first-order valence-corrected chi connectivity index (χ1v) is 9.21. The van der Waals surface area contributed by atoms with Crippen LogP contribution in [0.15, 0.2) is 57.7 Å². The van der Waals surface area contributed by atoms with Crippen LogP contribution in [0.1, 0.15) is 22.7 Å². The lowest BCUT2D eigenvalue weighted by molar-refractivity contribution is 0.0921. The van der Waals surface area contributed by atoms with Gasteiger partial charge in [0.25, 0.3) is 5.91 Å². The van der Waals surface area contributed by atoms with Crippen molar-refractivity contribution >= 4 is 33.4 Å². The maximum Gasteiger partial charge on any atom is 0.286 e. The van der Waals surface area contributed by atoms with Gasteiger partial charge in [-0.05, 0) is 42.8 Å². The molecule has 1 aromatic carbocycles. The first kappa shape index (κ1) is 18.5. The maximum absolute atomic E-state index is 12.1. The number of hydrogen-bond donors (Lipinski definition) is 1. The van der Waals surface area contributed by atoms with Gasteiger partial charge in [-0.25, -0.2) is 0 Å². The van der Waals surface area contributed by atoms with E-state index in [-0.39, 0.29) is 18.3 Å². The zero-order valence-electron chi connectivity index (χ0n) is 13.8. The molecule has 3 aromatic rings. The molecule has 2 heterocycles. The number of carbonyl (C=O) groups is 1. The molecular formula is C18H17BrClN3O3. The fraction of sp³-hybridized carbons (Fsp3) is 0.222. The first-order chi connectivity index (χ1) is 12.6. The van der Waals surface area contributed by atoms with Crippen molar-refractivity contribution in [3.8, 4) is 5.75 Å². The Bertz CT molecular complexity index is 864. The summed E-state index contributed by atoms with van der Waals surface area (Å²) in [5.74, 6) is 1.10. The average Bonchev–Trinajstić information content (AvgIpc) is 3.29. The van der Waals surface area contributed by atoms with Crippen LogP contribution in [0.3, 0.4) is 0 Å². The van der Waals surface area contributed by atoms with Gasteiger partial charge in [0, 0.05) is 30.0 Å². The number of nitrogens with one attached hydrogen (secondary N) is 1. The number of ether oxygens (including phenoxy) is 1. The Hall–Kier alpha value is -2.25. The van der Waals surface area contributed by atoms with Crippen LogP contribution >= 0.6 is 27.5 Å². The van der Waals surface area contributed by atoms with Gasteiger partial charge >= 0.3 is 0 Å². The normalized spacial score (nSPS) is 10.7. The summed E-state index contributed by atoms with van der Waals surface area (Å²) < 4.78 is 13.8. The molecule has 0 unspecified atom stereocenters. The highest BCUT2D eigenvalue weighted by molar-refractivity contribution is 9.10. The number of rotatable bonds is 8. The van der Waals surface area contributed by atoms with Gasteiger partial charge in [-0.2, -0.15) is 5.10 Å². The van der Waals surface area contributed by atoms with Crippen molar-refractivity contribution < 1.29 is 13.9 Å². The lowest BCUT2D eigenvalue weighted by atomic mass is 10.3. The molecule has 0 atom stereocenters. The zero-order chi connectivity index (χ0) is 18.4. The smallest absolute Gasteiger partial charge is 0.286 e. The van der Waals surface area contributed by atoms with E-state index in [1.165, 1.54) is 0 Å². The number of hydrogen-bond acceptors (Lipinski definition) is 4. The Morgan fingerprint density at radius 1 is 1.35 bits per heavy atom. The number of amides is 1.